The van der Waals surface area contributed by atoms with Gasteiger partial charge in [-0.1, -0.05) is 145 Å². The molecule has 0 amide bonds. The molecule has 0 heterocycles. The van der Waals surface area contributed by atoms with Gasteiger partial charge in [0.05, 0.1) is 0 Å². The van der Waals surface area contributed by atoms with Crippen LogP contribution in [0.15, 0.2) is 78.9 Å². The Hall–Kier alpha value is -1.96. The summed E-state index contributed by atoms with van der Waals surface area (Å²) in [6, 6.07) is 24.2. The van der Waals surface area contributed by atoms with Gasteiger partial charge in [-0.2, -0.15) is 0 Å². The van der Waals surface area contributed by atoms with Crippen molar-refractivity contribution in [2.45, 2.75) is 169 Å². The van der Waals surface area contributed by atoms with Crippen molar-refractivity contribution < 1.29 is 9.47 Å². The van der Waals surface area contributed by atoms with Crippen LogP contribution in [-0.2, 0) is 15.9 Å². The largest absolute Gasteiger partial charge is 0.353 e. The van der Waals surface area contributed by atoms with E-state index in [4.69, 9.17) is 20.7 Å². The number of hydrogen-bond acceptors (Lipinski definition) is 2. The highest BCUT2D eigenvalue weighted by Gasteiger charge is 2.48. The predicted molar refractivity (Wildman–Crippen MR) is 233 cm³/mol. The van der Waals surface area contributed by atoms with Gasteiger partial charge >= 0.3 is 0 Å². The van der Waals surface area contributed by atoms with Gasteiger partial charge < -0.3 is 9.47 Å². The molecule has 3 aromatic rings. The lowest BCUT2D eigenvalue weighted by molar-refractivity contribution is -0.148. The molecular formula is C48H73ClO2P+. The van der Waals surface area contributed by atoms with E-state index in [0.717, 1.165) is 58.2 Å². The zero-order chi connectivity index (χ0) is 37.3. The SMILES string of the molecule is CCCCCCCCOC(CCCCC/C=C/CCCc1cccc([P+](Cl)(c2ccccc2C)c2ccccc2C)c1C)OCCCCCCCC. The molecule has 52 heavy (non-hydrogen) atoms. The zero-order valence-corrected chi connectivity index (χ0v) is 35.4. The molecule has 0 fully saturated rings. The van der Waals surface area contributed by atoms with Gasteiger partial charge in [-0.05, 0) is 119 Å². The van der Waals surface area contributed by atoms with Crippen molar-refractivity contribution in [2.24, 2.45) is 0 Å². The molecule has 0 N–H and O–H groups in total. The Labute approximate surface area is 325 Å². The standard InChI is InChI=1S/C48H73ClO2P/c1-6-8-10-12-20-28-39-50-48(51-40-29-21-13-11-9-7-2)38-23-19-17-15-14-16-18-22-33-44-34-30-37-47(43(44)5)52(49,45-35-26-24-31-41(45)3)46-36-27-25-32-42(46)4/h14,16,24-27,30-32,34-37,48H,6-13,15,17-23,28-29,33,38-40H2,1-5H3/q+1/b16-14+. The number of rotatable bonds is 29. The van der Waals surface area contributed by atoms with Crippen molar-refractivity contribution in [1.29, 1.82) is 0 Å². The lowest BCUT2D eigenvalue weighted by Gasteiger charge is -2.24. The Morgan fingerprint density at radius 1 is 0.538 bits per heavy atom. The lowest BCUT2D eigenvalue weighted by Crippen LogP contribution is -2.32. The van der Waals surface area contributed by atoms with Gasteiger partial charge in [0.2, 0.25) is 6.62 Å². The van der Waals surface area contributed by atoms with E-state index >= 15 is 0 Å². The van der Waals surface area contributed by atoms with Gasteiger partial charge in [0.1, 0.15) is 27.2 Å². The summed E-state index contributed by atoms with van der Waals surface area (Å²) in [7, 11) is 0. The minimum absolute atomic E-state index is 0.0247. The molecule has 0 aromatic heterocycles. The molecule has 0 radical (unpaired) electrons. The highest BCUT2D eigenvalue weighted by Crippen LogP contribution is 2.62. The van der Waals surface area contributed by atoms with E-state index in [1.54, 1.807) is 0 Å². The molecule has 0 aliphatic heterocycles. The van der Waals surface area contributed by atoms with Crippen LogP contribution in [0.4, 0.5) is 0 Å². The topological polar surface area (TPSA) is 18.5 Å². The summed E-state index contributed by atoms with van der Waals surface area (Å²) in [6.45, 7) is 10.6. The molecule has 0 aliphatic carbocycles. The first-order valence-corrected chi connectivity index (χ1v) is 23.8. The Bertz CT molecular complexity index is 1340. The molecule has 0 aliphatic rings. The minimum atomic E-state index is -2.32. The summed E-state index contributed by atoms with van der Waals surface area (Å²) in [5.74, 6) is 0. The summed E-state index contributed by atoms with van der Waals surface area (Å²) in [5.41, 5.74) is 5.30. The third kappa shape index (κ3) is 15.4. The first-order chi connectivity index (χ1) is 25.4. The second kappa shape index (κ2) is 26.8. The maximum atomic E-state index is 7.96. The highest BCUT2D eigenvalue weighted by molar-refractivity contribution is 8.15. The number of ether oxygens (including phenoxy) is 2. The maximum absolute atomic E-state index is 7.96. The Morgan fingerprint density at radius 2 is 1.02 bits per heavy atom. The van der Waals surface area contributed by atoms with Crippen molar-refractivity contribution in [3.8, 4) is 0 Å². The molecule has 3 aromatic carbocycles. The zero-order valence-electron chi connectivity index (χ0n) is 33.8. The van der Waals surface area contributed by atoms with Crippen LogP contribution in [0, 0.1) is 20.8 Å². The van der Waals surface area contributed by atoms with E-state index in [-0.39, 0.29) is 6.29 Å². The van der Waals surface area contributed by atoms with Gasteiger partial charge in [0.25, 0.3) is 0 Å². The molecule has 2 nitrogen and oxygen atoms in total. The summed E-state index contributed by atoms with van der Waals surface area (Å²) in [5, 5.41) is 3.84. The minimum Gasteiger partial charge on any atom is -0.353 e. The van der Waals surface area contributed by atoms with E-state index in [9.17, 15) is 0 Å². The summed E-state index contributed by atoms with van der Waals surface area (Å²) in [6.07, 6.45) is 29.5. The molecular weight excluding hydrogens is 675 g/mol. The van der Waals surface area contributed by atoms with Crippen molar-refractivity contribution >= 4 is 33.8 Å². The van der Waals surface area contributed by atoms with Gasteiger partial charge in [-0.25, -0.2) is 0 Å². The fourth-order valence-electron chi connectivity index (χ4n) is 7.29. The fraction of sp³-hybridized carbons (Fsp3) is 0.583. The van der Waals surface area contributed by atoms with Gasteiger partial charge in [-0.15, -0.1) is 0 Å². The number of hydrogen-bond donors (Lipinski definition) is 0. The molecule has 0 bridgehead atoms. The van der Waals surface area contributed by atoms with Crippen LogP contribution < -0.4 is 15.9 Å². The lowest BCUT2D eigenvalue weighted by atomic mass is 10.0. The van der Waals surface area contributed by atoms with Crippen molar-refractivity contribution in [1.82, 2.24) is 0 Å². The molecule has 0 saturated heterocycles. The first kappa shape index (κ1) is 44.4. The molecule has 0 saturated carbocycles. The molecule has 3 rings (SSSR count). The van der Waals surface area contributed by atoms with Crippen LogP contribution in [0.3, 0.4) is 0 Å². The van der Waals surface area contributed by atoms with Crippen LogP contribution >= 0.6 is 17.9 Å². The fourth-order valence-corrected chi connectivity index (χ4v) is 12.4. The monoisotopic (exact) mass is 748 g/mol. The van der Waals surface area contributed by atoms with Gasteiger partial charge in [-0.3, -0.25) is 0 Å². The van der Waals surface area contributed by atoms with Crippen LogP contribution in [0.25, 0.3) is 0 Å². The maximum Gasteiger partial charge on any atom is 0.211 e. The second-order valence-corrected chi connectivity index (χ2v) is 19.1. The van der Waals surface area contributed by atoms with Crippen LogP contribution in [0.1, 0.15) is 158 Å². The van der Waals surface area contributed by atoms with E-state index in [0.29, 0.717) is 0 Å². The normalized spacial score (nSPS) is 12.1. The Kier molecular flexibility index (Phi) is 22.9. The van der Waals surface area contributed by atoms with E-state index in [1.165, 1.54) is 122 Å². The van der Waals surface area contributed by atoms with Crippen molar-refractivity contribution in [2.75, 3.05) is 13.2 Å². The molecule has 0 unspecified atom stereocenters. The van der Waals surface area contributed by atoms with Crippen molar-refractivity contribution in [3.05, 3.63) is 101 Å². The summed E-state index contributed by atoms with van der Waals surface area (Å²) in [4.78, 5) is 0. The third-order valence-corrected chi connectivity index (χ3v) is 15.7. The summed E-state index contributed by atoms with van der Waals surface area (Å²) >= 11 is 7.96. The number of aryl methyl sites for hydroxylation is 3. The molecule has 0 spiro atoms. The van der Waals surface area contributed by atoms with Crippen molar-refractivity contribution in [3.63, 3.8) is 0 Å². The Morgan fingerprint density at radius 3 is 1.58 bits per heavy atom. The predicted octanol–water partition coefficient (Wildman–Crippen LogP) is 14.0. The first-order valence-electron chi connectivity index (χ1n) is 21.1. The number of halogens is 1. The van der Waals surface area contributed by atoms with Crippen LogP contribution in [0.5, 0.6) is 0 Å². The molecule has 288 valence electrons. The average Bonchev–Trinajstić information content (AvgIpc) is 3.15. The Balaban J connectivity index is 1.43. The van der Waals surface area contributed by atoms with Crippen LogP contribution in [-0.4, -0.2) is 19.5 Å². The van der Waals surface area contributed by atoms with Crippen LogP contribution in [0.2, 0.25) is 0 Å². The van der Waals surface area contributed by atoms with E-state index in [2.05, 4.69) is 114 Å². The second-order valence-electron chi connectivity index (χ2n) is 14.9. The number of benzene rings is 3. The number of allylic oxidation sites excluding steroid dienone is 2. The summed E-state index contributed by atoms with van der Waals surface area (Å²) < 4.78 is 12.5. The van der Waals surface area contributed by atoms with E-state index < -0.39 is 6.62 Å². The van der Waals surface area contributed by atoms with E-state index in [1.807, 2.05) is 0 Å². The molecule has 4 heteroatoms. The molecule has 0 atom stereocenters. The third-order valence-electron chi connectivity index (χ3n) is 10.5. The smallest absolute Gasteiger partial charge is 0.211 e. The average molecular weight is 749 g/mol. The number of unbranched alkanes of at least 4 members (excludes halogenated alkanes) is 14. The quantitative estimate of drug-likeness (QED) is 0.0305. The van der Waals surface area contributed by atoms with Gasteiger partial charge in [0, 0.05) is 13.2 Å². The highest BCUT2D eigenvalue weighted by atomic mass is 35.7. The van der Waals surface area contributed by atoms with Gasteiger partial charge in [0.15, 0.2) is 6.29 Å².